The van der Waals surface area contributed by atoms with Gasteiger partial charge in [-0.25, -0.2) is 0 Å². The van der Waals surface area contributed by atoms with Gasteiger partial charge in [-0.15, -0.1) is 0 Å². The summed E-state index contributed by atoms with van der Waals surface area (Å²) in [5, 5.41) is 0. The SMILES string of the molecule is CC1C2CC(CC(OCC(=O)CC(C)(C)C)(C(F)(F)F)C(F)(F)F)C(C2)C1C. The lowest BCUT2D eigenvalue weighted by Gasteiger charge is -2.41. The van der Waals surface area contributed by atoms with E-state index in [1.165, 1.54) is 0 Å². The van der Waals surface area contributed by atoms with Crippen molar-refractivity contribution in [2.45, 2.75) is 78.3 Å². The molecule has 0 heterocycles. The third-order valence-electron chi connectivity index (χ3n) is 6.71. The van der Waals surface area contributed by atoms with Gasteiger partial charge in [0, 0.05) is 6.42 Å². The van der Waals surface area contributed by atoms with Gasteiger partial charge >= 0.3 is 12.4 Å². The number of carbonyl (C=O) groups excluding carboxylic acids is 1. The average molecular weight is 416 g/mol. The number of hydrogen-bond acceptors (Lipinski definition) is 2. The van der Waals surface area contributed by atoms with E-state index in [0.717, 1.165) is 0 Å². The van der Waals surface area contributed by atoms with Crippen molar-refractivity contribution in [3.63, 3.8) is 0 Å². The highest BCUT2D eigenvalue weighted by atomic mass is 19.4. The molecule has 0 spiro atoms. The summed E-state index contributed by atoms with van der Waals surface area (Å²) in [6.07, 6.45) is -11.6. The number of ketones is 1. The third kappa shape index (κ3) is 4.51. The Kier molecular flexibility index (Phi) is 6.27. The van der Waals surface area contributed by atoms with Crippen molar-refractivity contribution in [2.75, 3.05) is 6.61 Å². The Bertz CT molecular complexity index is 559. The van der Waals surface area contributed by atoms with Crippen LogP contribution in [0.2, 0.25) is 0 Å². The van der Waals surface area contributed by atoms with Crippen LogP contribution in [-0.2, 0) is 9.53 Å². The van der Waals surface area contributed by atoms with Crippen molar-refractivity contribution < 1.29 is 35.9 Å². The fourth-order valence-corrected chi connectivity index (χ4v) is 5.16. The molecular weight excluding hydrogens is 386 g/mol. The van der Waals surface area contributed by atoms with Crippen LogP contribution in [0.4, 0.5) is 26.3 Å². The standard InChI is InChI=1S/C20H30F6O2/c1-11-12(2)16-7-13(11)6-14(16)8-18(19(21,22)23,20(24,25)26)28-10-15(27)9-17(3,4)5/h11-14,16H,6-10H2,1-5H3. The van der Waals surface area contributed by atoms with E-state index in [4.69, 9.17) is 0 Å². The summed E-state index contributed by atoms with van der Waals surface area (Å²) in [5.41, 5.74) is -4.85. The Morgan fingerprint density at radius 2 is 1.46 bits per heavy atom. The second-order valence-electron chi connectivity index (χ2n) is 9.97. The maximum absolute atomic E-state index is 13.8. The fraction of sp³-hybridized carbons (Fsp3) is 0.950. The first-order chi connectivity index (χ1) is 12.5. The van der Waals surface area contributed by atoms with Crippen molar-refractivity contribution in [1.82, 2.24) is 0 Å². The van der Waals surface area contributed by atoms with E-state index in [-0.39, 0.29) is 24.2 Å². The number of halogens is 6. The molecule has 0 radical (unpaired) electrons. The predicted octanol–water partition coefficient (Wildman–Crippen LogP) is 6.19. The fourth-order valence-electron chi connectivity index (χ4n) is 5.16. The molecule has 0 saturated heterocycles. The van der Waals surface area contributed by atoms with Gasteiger partial charge in [-0.05, 0) is 54.3 Å². The lowest BCUT2D eigenvalue weighted by Crippen LogP contribution is -2.60. The summed E-state index contributed by atoms with van der Waals surface area (Å²) in [6, 6.07) is 0. The lowest BCUT2D eigenvalue weighted by atomic mass is 9.71. The molecule has 2 nitrogen and oxygen atoms in total. The van der Waals surface area contributed by atoms with Crippen LogP contribution in [0.15, 0.2) is 0 Å². The van der Waals surface area contributed by atoms with Crippen LogP contribution in [0.5, 0.6) is 0 Å². The quantitative estimate of drug-likeness (QED) is 0.483. The highest BCUT2D eigenvalue weighted by Crippen LogP contribution is 2.60. The Hall–Kier alpha value is -0.790. The van der Waals surface area contributed by atoms with E-state index in [0.29, 0.717) is 18.8 Å². The molecule has 2 rings (SSSR count). The summed E-state index contributed by atoms with van der Waals surface area (Å²) in [5.74, 6) is -1.09. The number of rotatable bonds is 6. The molecule has 0 aliphatic heterocycles. The van der Waals surface area contributed by atoms with Gasteiger partial charge in [0.1, 0.15) is 6.61 Å². The van der Waals surface area contributed by atoms with Crippen LogP contribution in [0.3, 0.4) is 0 Å². The van der Waals surface area contributed by atoms with E-state index in [1.54, 1.807) is 20.8 Å². The molecule has 28 heavy (non-hydrogen) atoms. The van der Waals surface area contributed by atoms with E-state index < -0.39 is 48.1 Å². The number of ether oxygens (including phenoxy) is 1. The first-order valence-corrected chi connectivity index (χ1v) is 9.77. The number of hydrogen-bond donors (Lipinski definition) is 0. The van der Waals surface area contributed by atoms with Gasteiger partial charge in [0.25, 0.3) is 5.60 Å². The molecule has 0 N–H and O–H groups in total. The van der Waals surface area contributed by atoms with Gasteiger partial charge in [0.15, 0.2) is 5.78 Å². The van der Waals surface area contributed by atoms with Gasteiger partial charge in [-0.3, -0.25) is 4.79 Å². The van der Waals surface area contributed by atoms with Crippen molar-refractivity contribution in [2.24, 2.45) is 35.0 Å². The molecule has 2 saturated carbocycles. The minimum absolute atomic E-state index is 0.0884. The number of alkyl halides is 6. The molecule has 5 atom stereocenters. The molecule has 8 heteroatoms. The molecule has 2 aliphatic carbocycles. The summed E-state index contributed by atoms with van der Waals surface area (Å²) in [6.45, 7) is 7.77. The van der Waals surface area contributed by atoms with Crippen LogP contribution in [0.25, 0.3) is 0 Å². The minimum Gasteiger partial charge on any atom is -0.350 e. The lowest BCUT2D eigenvalue weighted by molar-refractivity contribution is -0.384. The van der Waals surface area contributed by atoms with Crippen LogP contribution in [-0.4, -0.2) is 30.3 Å². The summed E-state index contributed by atoms with van der Waals surface area (Å²) >= 11 is 0. The largest absolute Gasteiger partial charge is 0.426 e. The van der Waals surface area contributed by atoms with Gasteiger partial charge in [-0.1, -0.05) is 34.6 Å². The molecule has 0 aromatic rings. The van der Waals surface area contributed by atoms with Crippen molar-refractivity contribution in [1.29, 1.82) is 0 Å². The minimum atomic E-state index is -5.65. The normalized spacial score (nSPS) is 31.5. The Morgan fingerprint density at radius 1 is 0.929 bits per heavy atom. The zero-order valence-corrected chi connectivity index (χ0v) is 17.0. The van der Waals surface area contributed by atoms with E-state index >= 15 is 0 Å². The molecular formula is C20H30F6O2. The first kappa shape index (κ1) is 23.5. The Balaban J connectivity index is 2.26. The Labute approximate surface area is 162 Å². The van der Waals surface area contributed by atoms with Crippen molar-refractivity contribution in [3.8, 4) is 0 Å². The topological polar surface area (TPSA) is 26.3 Å². The van der Waals surface area contributed by atoms with Gasteiger partial charge < -0.3 is 4.74 Å². The number of fused-ring (bicyclic) bond motifs is 2. The summed E-state index contributed by atoms with van der Waals surface area (Å²) < 4.78 is 87.1. The second kappa shape index (κ2) is 7.47. The third-order valence-corrected chi connectivity index (χ3v) is 6.71. The smallest absolute Gasteiger partial charge is 0.350 e. The maximum atomic E-state index is 13.8. The van der Waals surface area contributed by atoms with Crippen LogP contribution < -0.4 is 0 Å². The van der Waals surface area contributed by atoms with Crippen LogP contribution >= 0.6 is 0 Å². The molecule has 0 aromatic carbocycles. The zero-order valence-electron chi connectivity index (χ0n) is 17.0. The molecule has 2 aliphatic rings. The highest BCUT2D eigenvalue weighted by molar-refractivity contribution is 5.80. The monoisotopic (exact) mass is 416 g/mol. The van der Waals surface area contributed by atoms with E-state index in [9.17, 15) is 31.1 Å². The average Bonchev–Trinajstić information content (AvgIpc) is 2.99. The molecule has 0 aromatic heterocycles. The van der Waals surface area contributed by atoms with Crippen molar-refractivity contribution >= 4 is 5.78 Å². The molecule has 2 fully saturated rings. The molecule has 5 unspecified atom stereocenters. The van der Waals surface area contributed by atoms with Gasteiger partial charge in [-0.2, -0.15) is 26.3 Å². The Morgan fingerprint density at radius 3 is 1.86 bits per heavy atom. The first-order valence-electron chi connectivity index (χ1n) is 9.77. The zero-order chi connectivity index (χ0) is 21.7. The number of Topliss-reactive ketones (excluding diaryl/α,β-unsaturated/α-hetero) is 1. The van der Waals surface area contributed by atoms with Crippen LogP contribution in [0, 0.1) is 35.0 Å². The second-order valence-corrected chi connectivity index (χ2v) is 9.97. The molecule has 164 valence electrons. The number of carbonyl (C=O) groups is 1. The molecule has 2 bridgehead atoms. The maximum Gasteiger partial charge on any atom is 0.426 e. The van der Waals surface area contributed by atoms with E-state index in [2.05, 4.69) is 4.74 Å². The van der Waals surface area contributed by atoms with E-state index in [1.807, 2.05) is 13.8 Å². The predicted molar refractivity (Wildman–Crippen MR) is 92.5 cm³/mol. The van der Waals surface area contributed by atoms with Gasteiger partial charge in [0.2, 0.25) is 0 Å². The van der Waals surface area contributed by atoms with Crippen molar-refractivity contribution in [3.05, 3.63) is 0 Å². The summed E-state index contributed by atoms with van der Waals surface area (Å²) in [4.78, 5) is 12.0. The molecule has 0 amide bonds. The van der Waals surface area contributed by atoms with Crippen LogP contribution in [0.1, 0.15) is 60.3 Å². The highest BCUT2D eigenvalue weighted by Gasteiger charge is 2.73. The summed E-state index contributed by atoms with van der Waals surface area (Å²) in [7, 11) is 0. The van der Waals surface area contributed by atoms with Gasteiger partial charge in [0.05, 0.1) is 0 Å².